The Balaban J connectivity index is 0.00000323. The van der Waals surface area contributed by atoms with Crippen LogP contribution in [0.2, 0.25) is 10.0 Å². The van der Waals surface area contributed by atoms with Crippen LogP contribution in [-0.4, -0.2) is 38.7 Å². The van der Waals surface area contributed by atoms with Crippen LogP contribution in [0, 0.1) is 6.92 Å². The molecule has 4 heterocycles. The van der Waals surface area contributed by atoms with Crippen molar-refractivity contribution in [2.24, 2.45) is 5.73 Å². The van der Waals surface area contributed by atoms with Gasteiger partial charge in [-0.2, -0.15) is 13.5 Å². The molecular formula is C30H30Cl2N6OS. The number of anilines is 1. The van der Waals surface area contributed by atoms with E-state index < -0.39 is 0 Å². The van der Waals surface area contributed by atoms with E-state index >= 15 is 0 Å². The average molecular weight is 594 g/mol. The third-order valence-electron chi connectivity index (χ3n) is 7.18. The number of imidazole rings is 1. The molecule has 0 bridgehead atoms. The van der Waals surface area contributed by atoms with Gasteiger partial charge in [-0.25, -0.2) is 15.0 Å². The number of fused-ring (bicyclic) bond motifs is 1. The van der Waals surface area contributed by atoms with Gasteiger partial charge in [-0.3, -0.25) is 4.57 Å². The van der Waals surface area contributed by atoms with Crippen LogP contribution in [0.1, 0.15) is 24.1 Å². The quantitative estimate of drug-likeness (QED) is 0.226. The van der Waals surface area contributed by atoms with Gasteiger partial charge in [-0.15, -0.1) is 0 Å². The van der Waals surface area contributed by atoms with Crippen molar-refractivity contribution >= 4 is 53.4 Å². The lowest BCUT2D eigenvalue weighted by Gasteiger charge is -2.26. The highest BCUT2D eigenvalue weighted by atomic mass is 35.5. The molecule has 2 aromatic carbocycles. The van der Waals surface area contributed by atoms with E-state index in [1.54, 1.807) is 6.20 Å². The minimum absolute atomic E-state index is 0. The van der Waals surface area contributed by atoms with Gasteiger partial charge in [0.1, 0.15) is 29.5 Å². The smallest absolute Gasteiger partial charge is 0.148 e. The second kappa shape index (κ2) is 12.1. The molecule has 1 saturated heterocycles. The summed E-state index contributed by atoms with van der Waals surface area (Å²) in [6, 6.07) is 18.3. The molecule has 206 valence electrons. The van der Waals surface area contributed by atoms with Crippen molar-refractivity contribution in [3.8, 4) is 22.8 Å². The van der Waals surface area contributed by atoms with E-state index in [1.165, 1.54) is 0 Å². The number of nitrogens with zero attached hydrogens (tertiary/aromatic N) is 5. The number of pyridine rings is 2. The summed E-state index contributed by atoms with van der Waals surface area (Å²) in [6.07, 6.45) is 7.50. The molecule has 1 fully saturated rings. The van der Waals surface area contributed by atoms with Gasteiger partial charge in [0.2, 0.25) is 0 Å². The van der Waals surface area contributed by atoms with Crippen LogP contribution in [-0.2, 0) is 6.61 Å². The van der Waals surface area contributed by atoms with Crippen molar-refractivity contribution < 1.29 is 4.74 Å². The summed E-state index contributed by atoms with van der Waals surface area (Å²) in [5.41, 5.74) is 10.3. The van der Waals surface area contributed by atoms with Gasteiger partial charge in [0.05, 0.1) is 15.7 Å². The molecule has 7 nitrogen and oxygen atoms in total. The third kappa shape index (κ3) is 5.24. The second-order valence-corrected chi connectivity index (χ2v) is 10.4. The molecule has 2 N–H and O–H groups in total. The van der Waals surface area contributed by atoms with Crippen LogP contribution in [0.5, 0.6) is 5.75 Å². The lowest BCUT2D eigenvalue weighted by atomic mass is 10.1. The van der Waals surface area contributed by atoms with Crippen molar-refractivity contribution in [1.29, 1.82) is 0 Å². The molecule has 3 aromatic heterocycles. The molecular weight excluding hydrogens is 563 g/mol. The number of rotatable bonds is 7. The highest BCUT2D eigenvalue weighted by molar-refractivity contribution is 7.59. The van der Waals surface area contributed by atoms with Crippen molar-refractivity contribution in [2.75, 3.05) is 18.0 Å². The number of aryl methyl sites for hydroxylation is 1. The Morgan fingerprint density at radius 1 is 1.07 bits per heavy atom. The zero-order valence-electron chi connectivity index (χ0n) is 22.0. The third-order valence-corrected chi connectivity index (χ3v) is 7.91. The van der Waals surface area contributed by atoms with Crippen LogP contribution in [0.25, 0.3) is 28.0 Å². The topological polar surface area (TPSA) is 82.1 Å². The Morgan fingerprint density at radius 2 is 1.90 bits per heavy atom. The van der Waals surface area contributed by atoms with Crippen LogP contribution in [0.15, 0.2) is 73.2 Å². The first-order valence-electron chi connectivity index (χ1n) is 13.0. The van der Waals surface area contributed by atoms with Gasteiger partial charge in [0.15, 0.2) is 0 Å². The van der Waals surface area contributed by atoms with Gasteiger partial charge >= 0.3 is 0 Å². The van der Waals surface area contributed by atoms with E-state index in [4.69, 9.17) is 38.7 Å². The minimum Gasteiger partial charge on any atom is -0.487 e. The Labute approximate surface area is 250 Å². The van der Waals surface area contributed by atoms with Crippen molar-refractivity contribution in [3.05, 3.63) is 94.5 Å². The SMILES string of the molecule is Cc1cc(-n2ccnc2-c2ccccc2)c2cccc(OCc3c(Cl)cnc(N4CCC[C@H]4CN)c3Cl)c2n1.S. The first kappa shape index (κ1) is 28.2. The van der Waals surface area contributed by atoms with Crippen LogP contribution < -0.4 is 15.4 Å². The molecule has 0 spiro atoms. The summed E-state index contributed by atoms with van der Waals surface area (Å²) in [5, 5.41) is 1.91. The van der Waals surface area contributed by atoms with Gasteiger partial charge in [0, 0.05) is 59.9 Å². The normalized spacial score (nSPS) is 14.9. The summed E-state index contributed by atoms with van der Waals surface area (Å²) >= 11 is 13.4. The fraction of sp³-hybridized carbons (Fsp3) is 0.233. The molecule has 0 saturated carbocycles. The van der Waals surface area contributed by atoms with E-state index in [0.717, 1.165) is 53.1 Å². The standard InChI is InChI=1S/C30H28Cl2N6O.H2S/c1-19-15-25(38-14-12-34-29(38)20-7-3-2-4-8-20)22-10-5-11-26(28(22)36-19)39-18-23-24(31)17-35-30(27(23)32)37-13-6-9-21(37)16-33;/h2-5,7-8,10-12,14-15,17,21H,6,9,13,16,18,33H2,1H3;1H2/t21-;/m0./s1. The Morgan fingerprint density at radius 3 is 2.70 bits per heavy atom. The second-order valence-electron chi connectivity index (χ2n) is 9.66. The molecule has 40 heavy (non-hydrogen) atoms. The number of aromatic nitrogens is 4. The van der Waals surface area contributed by atoms with Gasteiger partial charge in [-0.05, 0) is 31.9 Å². The fourth-order valence-corrected chi connectivity index (χ4v) is 5.84. The zero-order valence-corrected chi connectivity index (χ0v) is 24.5. The Bertz CT molecular complexity index is 1640. The summed E-state index contributed by atoms with van der Waals surface area (Å²) in [6.45, 7) is 3.58. The van der Waals surface area contributed by atoms with Gasteiger partial charge < -0.3 is 15.4 Å². The average Bonchev–Trinajstić information content (AvgIpc) is 3.63. The highest BCUT2D eigenvalue weighted by Gasteiger charge is 2.28. The predicted molar refractivity (Wildman–Crippen MR) is 167 cm³/mol. The zero-order chi connectivity index (χ0) is 26.9. The molecule has 5 aromatic rings. The highest BCUT2D eigenvalue weighted by Crippen LogP contribution is 2.37. The molecule has 1 aliphatic heterocycles. The van der Waals surface area contributed by atoms with E-state index in [1.807, 2.05) is 55.7 Å². The first-order valence-corrected chi connectivity index (χ1v) is 13.7. The van der Waals surface area contributed by atoms with Crippen LogP contribution >= 0.6 is 36.7 Å². The largest absolute Gasteiger partial charge is 0.487 e. The molecule has 1 aliphatic rings. The predicted octanol–water partition coefficient (Wildman–Crippen LogP) is 6.72. The maximum atomic E-state index is 6.86. The van der Waals surface area contributed by atoms with Crippen LogP contribution in [0.3, 0.4) is 0 Å². The molecule has 0 unspecified atom stereocenters. The van der Waals surface area contributed by atoms with E-state index in [2.05, 4.69) is 37.6 Å². The van der Waals surface area contributed by atoms with Gasteiger partial charge in [0.25, 0.3) is 0 Å². The van der Waals surface area contributed by atoms with Crippen LogP contribution in [0.4, 0.5) is 5.82 Å². The van der Waals surface area contributed by atoms with Crippen molar-refractivity contribution in [3.63, 3.8) is 0 Å². The van der Waals surface area contributed by atoms with Crippen molar-refractivity contribution in [1.82, 2.24) is 19.5 Å². The number of nitrogens with two attached hydrogens (primary N) is 1. The first-order chi connectivity index (χ1) is 19.0. The molecule has 10 heteroatoms. The lowest BCUT2D eigenvalue weighted by Crippen LogP contribution is -2.36. The maximum absolute atomic E-state index is 6.86. The van der Waals surface area contributed by atoms with Gasteiger partial charge in [-0.1, -0.05) is 65.7 Å². The van der Waals surface area contributed by atoms with Crippen molar-refractivity contribution in [2.45, 2.75) is 32.4 Å². The fourth-order valence-electron chi connectivity index (χ4n) is 5.28. The molecule has 0 radical (unpaired) electrons. The van der Waals surface area contributed by atoms with E-state index in [-0.39, 0.29) is 26.1 Å². The molecule has 0 amide bonds. The van der Waals surface area contributed by atoms with E-state index in [0.29, 0.717) is 33.7 Å². The number of halogens is 2. The lowest BCUT2D eigenvalue weighted by molar-refractivity contribution is 0.309. The monoisotopic (exact) mass is 592 g/mol. The number of hydrogen-bond donors (Lipinski definition) is 1. The molecule has 1 atom stereocenters. The number of ether oxygens (including phenoxy) is 1. The maximum Gasteiger partial charge on any atom is 0.148 e. The number of benzene rings is 2. The molecule has 0 aliphatic carbocycles. The van der Waals surface area contributed by atoms with E-state index in [9.17, 15) is 0 Å². The summed E-state index contributed by atoms with van der Waals surface area (Å²) in [7, 11) is 0. The number of hydrogen-bond acceptors (Lipinski definition) is 6. The summed E-state index contributed by atoms with van der Waals surface area (Å²) < 4.78 is 8.44. The number of para-hydroxylation sites is 1. The Kier molecular flexibility index (Phi) is 8.51. The summed E-state index contributed by atoms with van der Waals surface area (Å²) in [5.74, 6) is 2.20. The summed E-state index contributed by atoms with van der Waals surface area (Å²) in [4.78, 5) is 16.2. The minimum atomic E-state index is 0. The Hall–Kier alpha value is -3.30. The molecule has 6 rings (SSSR count).